The lowest BCUT2D eigenvalue weighted by Crippen LogP contribution is -2.48. The van der Waals surface area contributed by atoms with E-state index >= 15 is 0 Å². The smallest absolute Gasteiger partial charge is 0.186 e. The highest BCUT2D eigenvalue weighted by atomic mass is 35.5. The maximum absolute atomic E-state index is 14.8. The molecule has 0 aromatic heterocycles. The van der Waals surface area contributed by atoms with E-state index < -0.39 is 23.4 Å². The van der Waals surface area contributed by atoms with Gasteiger partial charge in [0, 0.05) is 38.3 Å². The Kier molecular flexibility index (Phi) is 5.93. The molecule has 41 heavy (non-hydrogen) atoms. The summed E-state index contributed by atoms with van der Waals surface area (Å²) in [6.45, 7) is 0. The van der Waals surface area contributed by atoms with Crippen molar-refractivity contribution in [2.45, 2.75) is 18.0 Å². The molecule has 3 atom stereocenters. The molecule has 7 heteroatoms. The summed E-state index contributed by atoms with van der Waals surface area (Å²) in [7, 11) is 1.54. The van der Waals surface area contributed by atoms with Crippen molar-refractivity contribution in [2.24, 2.45) is 5.41 Å². The fraction of sp³-hybridized carbons (Fsp3) is 0.147. The Morgan fingerprint density at radius 3 is 2.27 bits per heavy atom. The first kappa shape index (κ1) is 25.8. The van der Waals surface area contributed by atoms with Gasteiger partial charge in [-0.25, -0.2) is 0 Å². The van der Waals surface area contributed by atoms with Crippen LogP contribution in [0, 0.1) is 5.41 Å². The van der Waals surface area contributed by atoms with E-state index in [0.29, 0.717) is 38.0 Å². The first-order valence-electron chi connectivity index (χ1n) is 13.3. The van der Waals surface area contributed by atoms with Crippen LogP contribution in [0.15, 0.2) is 97.1 Å². The Labute approximate surface area is 247 Å². The number of benzene rings is 4. The predicted octanol–water partition coefficient (Wildman–Crippen LogP) is 7.32. The highest BCUT2D eigenvalue weighted by molar-refractivity contribution is 6.36. The molecule has 4 aromatic carbocycles. The average molecular weight is 580 g/mol. The number of methoxy groups -OCH3 is 1. The monoisotopic (exact) mass is 579 g/mol. The van der Waals surface area contributed by atoms with Crippen LogP contribution in [0.4, 0.5) is 5.69 Å². The minimum absolute atomic E-state index is 0.247. The molecule has 1 fully saturated rings. The van der Waals surface area contributed by atoms with E-state index in [9.17, 15) is 14.4 Å². The first-order valence-corrected chi connectivity index (χ1v) is 14.0. The highest BCUT2D eigenvalue weighted by Crippen LogP contribution is 2.61. The van der Waals surface area contributed by atoms with Crippen molar-refractivity contribution in [3.8, 4) is 5.75 Å². The summed E-state index contributed by atoms with van der Waals surface area (Å²) in [5, 5.41) is 0.704. The zero-order chi connectivity index (χ0) is 28.5. The standard InChI is InChI=1S/C34H23Cl2NO4/c1-41-22-9-6-8-20(17-22)31(38)30-29(25-15-14-21(35)18-26(25)36)34(32(39)23-10-3-4-11-24(23)33(34)40)28-16-13-19-7-2-5-12-27(19)37(28)30/h2-18,28-30H,1H3/t28-,29-,30-/m1/s1. The van der Waals surface area contributed by atoms with Crippen molar-refractivity contribution in [2.75, 3.05) is 12.0 Å². The number of Topliss-reactive ketones (excluding diaryl/α,β-unsaturated/α-hetero) is 3. The Hall–Kier alpha value is -4.19. The van der Waals surface area contributed by atoms with E-state index in [0.717, 1.165) is 11.3 Å². The molecular weight excluding hydrogens is 557 g/mol. The van der Waals surface area contributed by atoms with Crippen molar-refractivity contribution in [1.29, 1.82) is 0 Å². The number of para-hydroxylation sites is 1. The van der Waals surface area contributed by atoms with E-state index in [1.807, 2.05) is 41.3 Å². The van der Waals surface area contributed by atoms with E-state index in [1.165, 1.54) is 0 Å². The van der Waals surface area contributed by atoms with Gasteiger partial charge >= 0.3 is 0 Å². The highest BCUT2D eigenvalue weighted by Gasteiger charge is 2.71. The van der Waals surface area contributed by atoms with E-state index in [1.54, 1.807) is 73.8 Å². The second-order valence-corrected chi connectivity index (χ2v) is 11.4. The van der Waals surface area contributed by atoms with Crippen LogP contribution in [-0.4, -0.2) is 36.5 Å². The molecule has 5 nitrogen and oxygen atoms in total. The van der Waals surface area contributed by atoms with E-state index in [2.05, 4.69) is 0 Å². The van der Waals surface area contributed by atoms with Crippen LogP contribution in [0.3, 0.4) is 0 Å². The lowest BCUT2D eigenvalue weighted by molar-refractivity contribution is 0.0666. The largest absolute Gasteiger partial charge is 0.497 e. The van der Waals surface area contributed by atoms with Crippen molar-refractivity contribution in [3.05, 3.63) is 135 Å². The summed E-state index contributed by atoms with van der Waals surface area (Å²) in [6, 6.07) is 24.8. The van der Waals surface area contributed by atoms with Crippen molar-refractivity contribution in [3.63, 3.8) is 0 Å². The van der Waals surface area contributed by atoms with Crippen LogP contribution >= 0.6 is 23.2 Å². The third kappa shape index (κ3) is 3.52. The molecule has 1 spiro atoms. The van der Waals surface area contributed by atoms with Gasteiger partial charge in [-0.2, -0.15) is 0 Å². The molecule has 2 aliphatic heterocycles. The van der Waals surface area contributed by atoms with Gasteiger partial charge in [0.2, 0.25) is 0 Å². The van der Waals surface area contributed by atoms with Crippen molar-refractivity contribution in [1.82, 2.24) is 0 Å². The van der Waals surface area contributed by atoms with E-state index in [4.69, 9.17) is 27.9 Å². The molecule has 0 bridgehead atoms. The second kappa shape index (κ2) is 9.44. The van der Waals surface area contributed by atoms with Crippen LogP contribution in [0.1, 0.15) is 48.1 Å². The Morgan fingerprint density at radius 1 is 0.854 bits per heavy atom. The summed E-state index contributed by atoms with van der Waals surface area (Å²) in [5.41, 5.74) is 1.66. The minimum Gasteiger partial charge on any atom is -0.497 e. The van der Waals surface area contributed by atoms with Crippen LogP contribution in [0.2, 0.25) is 10.0 Å². The zero-order valence-corrected chi connectivity index (χ0v) is 23.4. The number of rotatable bonds is 4. The normalized spacial score (nSPS) is 21.5. The van der Waals surface area contributed by atoms with Gasteiger partial charge in [-0.1, -0.05) is 96.0 Å². The maximum Gasteiger partial charge on any atom is 0.186 e. The van der Waals surface area contributed by atoms with Gasteiger partial charge < -0.3 is 9.64 Å². The fourth-order valence-electron chi connectivity index (χ4n) is 6.96. The zero-order valence-electron chi connectivity index (χ0n) is 21.9. The molecular formula is C34H23Cl2NO4. The molecule has 1 aliphatic carbocycles. The number of halogens is 2. The number of nitrogens with zero attached hydrogens (tertiary/aromatic N) is 1. The molecule has 7 rings (SSSR count). The maximum atomic E-state index is 14.8. The van der Waals surface area contributed by atoms with Gasteiger partial charge in [0.05, 0.1) is 13.2 Å². The molecule has 0 N–H and O–H groups in total. The number of carbonyl (C=O) groups excluding carboxylic acids is 3. The first-order chi connectivity index (χ1) is 19.9. The molecule has 0 unspecified atom stereocenters. The van der Waals surface area contributed by atoms with Crippen LogP contribution in [0.5, 0.6) is 5.75 Å². The van der Waals surface area contributed by atoms with Gasteiger partial charge in [-0.15, -0.1) is 0 Å². The Bertz CT molecular complexity index is 1780. The van der Waals surface area contributed by atoms with Crippen molar-refractivity contribution >= 4 is 52.3 Å². The minimum atomic E-state index is -1.63. The molecule has 4 aromatic rings. The SMILES string of the molecule is COc1cccc(C(=O)[C@H]2[C@@H](c3ccc(Cl)cc3Cl)C3(C(=O)c4ccccc4C3=O)[C@H]3C=Cc4ccccc4N23)c1. The molecule has 2 heterocycles. The summed E-state index contributed by atoms with van der Waals surface area (Å²) in [5.74, 6) is -1.26. The Morgan fingerprint density at radius 2 is 1.56 bits per heavy atom. The molecule has 0 saturated carbocycles. The number of ketones is 3. The second-order valence-electron chi connectivity index (χ2n) is 10.5. The fourth-order valence-corrected chi connectivity index (χ4v) is 7.49. The number of hydrogen-bond donors (Lipinski definition) is 0. The summed E-state index contributed by atoms with van der Waals surface area (Å²) in [6.07, 6.45) is 3.82. The van der Waals surface area contributed by atoms with Gasteiger partial charge in [-0.3, -0.25) is 14.4 Å². The summed E-state index contributed by atoms with van der Waals surface area (Å²) < 4.78 is 5.42. The molecule has 0 amide bonds. The number of carbonyl (C=O) groups is 3. The molecule has 3 aliphatic rings. The van der Waals surface area contributed by atoms with Gasteiger partial charge in [0.15, 0.2) is 17.3 Å². The van der Waals surface area contributed by atoms with Gasteiger partial charge in [0.1, 0.15) is 17.2 Å². The predicted molar refractivity (Wildman–Crippen MR) is 160 cm³/mol. The van der Waals surface area contributed by atoms with Crippen LogP contribution < -0.4 is 9.64 Å². The van der Waals surface area contributed by atoms with E-state index in [-0.39, 0.29) is 17.3 Å². The quantitative estimate of drug-likeness (QED) is 0.187. The van der Waals surface area contributed by atoms with Gasteiger partial charge in [0.25, 0.3) is 0 Å². The molecule has 0 radical (unpaired) electrons. The number of fused-ring (bicyclic) bond motifs is 5. The average Bonchev–Trinajstić information content (AvgIpc) is 3.43. The lowest BCUT2D eigenvalue weighted by atomic mass is 9.64. The molecule has 1 saturated heterocycles. The van der Waals surface area contributed by atoms with Crippen LogP contribution in [0.25, 0.3) is 6.08 Å². The lowest BCUT2D eigenvalue weighted by Gasteiger charge is -2.37. The molecule has 202 valence electrons. The summed E-state index contributed by atoms with van der Waals surface area (Å²) >= 11 is 13.2. The number of hydrogen-bond acceptors (Lipinski definition) is 5. The third-order valence-electron chi connectivity index (χ3n) is 8.63. The summed E-state index contributed by atoms with van der Waals surface area (Å²) in [4.78, 5) is 46.1. The third-order valence-corrected chi connectivity index (χ3v) is 9.20. The Balaban J connectivity index is 1.56. The van der Waals surface area contributed by atoms with Crippen LogP contribution in [-0.2, 0) is 0 Å². The van der Waals surface area contributed by atoms with Gasteiger partial charge in [-0.05, 0) is 41.5 Å². The van der Waals surface area contributed by atoms with Crippen molar-refractivity contribution < 1.29 is 19.1 Å². The topological polar surface area (TPSA) is 63.7 Å². The number of ether oxygens (including phenoxy) is 1. The number of anilines is 1.